The van der Waals surface area contributed by atoms with E-state index in [9.17, 15) is 4.79 Å². The third-order valence-corrected chi connectivity index (χ3v) is 4.37. The Hall–Kier alpha value is -1.47. The highest BCUT2D eigenvalue weighted by molar-refractivity contribution is 9.10. The van der Waals surface area contributed by atoms with Gasteiger partial charge in [0.1, 0.15) is 10.8 Å². The maximum absolute atomic E-state index is 12.1. The largest absolute Gasteiger partial charge is 0.496 e. The van der Waals surface area contributed by atoms with Gasteiger partial charge in [-0.05, 0) is 40.5 Å². The van der Waals surface area contributed by atoms with Crippen molar-refractivity contribution in [1.29, 1.82) is 0 Å². The van der Waals surface area contributed by atoms with Crippen LogP contribution in [0.5, 0.6) is 5.75 Å². The summed E-state index contributed by atoms with van der Waals surface area (Å²) in [6.07, 6.45) is 1.95. The highest BCUT2D eigenvalue weighted by Gasteiger charge is 2.10. The fourth-order valence-electron chi connectivity index (χ4n) is 1.74. The lowest BCUT2D eigenvalue weighted by atomic mass is 10.1. The second-order valence-electron chi connectivity index (χ2n) is 4.38. The van der Waals surface area contributed by atoms with Gasteiger partial charge in [0.25, 0.3) is 0 Å². The summed E-state index contributed by atoms with van der Waals surface area (Å²) in [5.41, 5.74) is 0.619. The molecule has 0 aliphatic heterocycles. The van der Waals surface area contributed by atoms with E-state index in [0.717, 1.165) is 22.3 Å². The molecular formula is C14H16BrN3O2S. The van der Waals surface area contributed by atoms with E-state index in [0.29, 0.717) is 16.4 Å². The first-order valence-corrected chi connectivity index (χ1v) is 8.18. The highest BCUT2D eigenvalue weighted by Crippen LogP contribution is 2.25. The Balaban J connectivity index is 1.96. The molecule has 0 saturated carbocycles. The number of Topliss-reactive ketones (excluding diaryl/α,β-unsaturated/α-hetero) is 1. The van der Waals surface area contributed by atoms with Gasteiger partial charge >= 0.3 is 0 Å². The minimum atomic E-state index is -0.00871. The number of aryl methyl sites for hydroxylation is 1. The minimum Gasteiger partial charge on any atom is -0.496 e. The number of aromatic nitrogens is 2. The predicted octanol–water partition coefficient (Wildman–Crippen LogP) is 3.56. The van der Waals surface area contributed by atoms with E-state index in [2.05, 4.69) is 38.4 Å². The number of nitrogens with zero attached hydrogens (tertiary/aromatic N) is 2. The number of ketones is 1. The molecule has 0 bridgehead atoms. The minimum absolute atomic E-state index is 0.00871. The van der Waals surface area contributed by atoms with Crippen molar-refractivity contribution in [2.24, 2.45) is 0 Å². The molecule has 0 fully saturated rings. The number of halogens is 1. The number of rotatable bonds is 7. The van der Waals surface area contributed by atoms with E-state index in [1.54, 1.807) is 25.3 Å². The lowest BCUT2D eigenvalue weighted by molar-refractivity contribution is 0.101. The third-order valence-electron chi connectivity index (χ3n) is 2.80. The van der Waals surface area contributed by atoms with Gasteiger partial charge in [-0.25, -0.2) is 0 Å². The van der Waals surface area contributed by atoms with Crippen LogP contribution in [0.3, 0.4) is 0 Å². The average molecular weight is 370 g/mol. The van der Waals surface area contributed by atoms with Gasteiger partial charge < -0.3 is 10.1 Å². The van der Waals surface area contributed by atoms with Crippen molar-refractivity contribution in [3.05, 3.63) is 33.2 Å². The Morgan fingerprint density at radius 1 is 1.43 bits per heavy atom. The van der Waals surface area contributed by atoms with E-state index in [1.807, 2.05) is 0 Å². The Labute approximate surface area is 135 Å². The van der Waals surface area contributed by atoms with Crippen LogP contribution in [0.15, 0.2) is 22.7 Å². The van der Waals surface area contributed by atoms with E-state index in [1.165, 1.54) is 11.3 Å². The number of hydrogen-bond donors (Lipinski definition) is 1. The summed E-state index contributed by atoms with van der Waals surface area (Å²) in [4.78, 5) is 12.1. The van der Waals surface area contributed by atoms with E-state index in [4.69, 9.17) is 4.74 Å². The summed E-state index contributed by atoms with van der Waals surface area (Å²) < 4.78 is 5.91. The van der Waals surface area contributed by atoms with Crippen molar-refractivity contribution in [2.45, 2.75) is 19.8 Å². The molecule has 0 unspecified atom stereocenters. The Bertz CT molecular complexity index is 630. The molecule has 1 aromatic heterocycles. The van der Waals surface area contributed by atoms with Crippen LogP contribution in [0.2, 0.25) is 0 Å². The third kappa shape index (κ3) is 4.25. The molecule has 1 N–H and O–H groups in total. The van der Waals surface area contributed by atoms with E-state index < -0.39 is 0 Å². The molecule has 0 amide bonds. The topological polar surface area (TPSA) is 64.1 Å². The van der Waals surface area contributed by atoms with Gasteiger partial charge in [0.05, 0.1) is 18.1 Å². The summed E-state index contributed by atoms with van der Waals surface area (Å²) in [7, 11) is 1.59. The smallest absolute Gasteiger partial charge is 0.206 e. The number of hydrogen-bond acceptors (Lipinski definition) is 6. The second kappa shape index (κ2) is 7.51. The maximum atomic E-state index is 12.1. The van der Waals surface area contributed by atoms with Gasteiger partial charge in [-0.15, -0.1) is 10.2 Å². The van der Waals surface area contributed by atoms with Crippen LogP contribution < -0.4 is 10.1 Å². The van der Waals surface area contributed by atoms with Crippen LogP contribution in [0, 0.1) is 0 Å². The fraction of sp³-hybridized carbons (Fsp3) is 0.357. The van der Waals surface area contributed by atoms with Crippen LogP contribution in [-0.2, 0) is 6.42 Å². The molecule has 0 saturated heterocycles. The van der Waals surface area contributed by atoms with E-state index >= 15 is 0 Å². The van der Waals surface area contributed by atoms with Crippen LogP contribution in [0.1, 0.15) is 28.7 Å². The molecule has 0 aliphatic rings. The van der Waals surface area contributed by atoms with Crippen molar-refractivity contribution in [3.8, 4) is 5.75 Å². The van der Waals surface area contributed by atoms with Gasteiger partial charge in [0.15, 0.2) is 5.78 Å². The first-order valence-electron chi connectivity index (χ1n) is 6.57. The Morgan fingerprint density at radius 3 is 2.90 bits per heavy atom. The molecule has 0 atom stereocenters. The first-order chi connectivity index (χ1) is 10.1. The van der Waals surface area contributed by atoms with E-state index in [-0.39, 0.29) is 12.3 Å². The van der Waals surface area contributed by atoms with Gasteiger partial charge in [-0.2, -0.15) is 0 Å². The van der Waals surface area contributed by atoms with Crippen LogP contribution in [-0.4, -0.2) is 29.6 Å². The summed E-state index contributed by atoms with van der Waals surface area (Å²) >= 11 is 4.86. The maximum Gasteiger partial charge on any atom is 0.206 e. The van der Waals surface area contributed by atoms with Gasteiger partial charge in [0.2, 0.25) is 5.13 Å². The number of carbonyl (C=O) groups excluding carboxylic acids is 1. The molecule has 1 heterocycles. The van der Waals surface area contributed by atoms with Crippen molar-refractivity contribution < 1.29 is 9.53 Å². The molecule has 1 aromatic carbocycles. The van der Waals surface area contributed by atoms with Gasteiger partial charge in [0, 0.05) is 12.0 Å². The van der Waals surface area contributed by atoms with Crippen LogP contribution >= 0.6 is 27.3 Å². The predicted molar refractivity (Wildman–Crippen MR) is 87.4 cm³/mol. The number of carbonyl (C=O) groups is 1. The lowest BCUT2D eigenvalue weighted by Crippen LogP contribution is -2.13. The number of benzene rings is 1. The zero-order valence-electron chi connectivity index (χ0n) is 11.9. The number of methoxy groups -OCH3 is 1. The van der Waals surface area contributed by atoms with Crippen LogP contribution in [0.4, 0.5) is 5.13 Å². The van der Waals surface area contributed by atoms with Crippen LogP contribution in [0.25, 0.3) is 0 Å². The van der Waals surface area contributed by atoms with Gasteiger partial charge in [-0.1, -0.05) is 18.3 Å². The molecule has 0 spiro atoms. The number of anilines is 1. The highest BCUT2D eigenvalue weighted by atomic mass is 79.9. The monoisotopic (exact) mass is 369 g/mol. The summed E-state index contributed by atoms with van der Waals surface area (Å²) in [5, 5.41) is 12.8. The normalized spacial score (nSPS) is 10.4. The fourth-order valence-corrected chi connectivity index (χ4v) is 3.12. The van der Waals surface area contributed by atoms with Crippen molar-refractivity contribution >= 4 is 38.2 Å². The van der Waals surface area contributed by atoms with Gasteiger partial charge in [-0.3, -0.25) is 4.79 Å². The molecule has 112 valence electrons. The molecule has 2 rings (SSSR count). The van der Waals surface area contributed by atoms with Crippen molar-refractivity contribution in [1.82, 2.24) is 10.2 Å². The lowest BCUT2D eigenvalue weighted by Gasteiger charge is -2.06. The molecule has 5 nitrogen and oxygen atoms in total. The molecule has 2 aromatic rings. The standard InChI is InChI=1S/C14H16BrN3O2S/c1-3-4-13-17-18-14(21-13)16-8-11(19)9-5-6-12(20-2)10(15)7-9/h5-7H,3-4,8H2,1-2H3,(H,16,18). The first kappa shape index (κ1) is 15.9. The zero-order chi connectivity index (χ0) is 15.2. The Morgan fingerprint density at radius 2 is 2.24 bits per heavy atom. The second-order valence-corrected chi connectivity index (χ2v) is 6.29. The SMILES string of the molecule is CCCc1nnc(NCC(=O)c2ccc(OC)c(Br)c2)s1. The molecule has 21 heavy (non-hydrogen) atoms. The van der Waals surface area contributed by atoms with Crippen molar-refractivity contribution in [2.75, 3.05) is 19.0 Å². The molecular weight excluding hydrogens is 354 g/mol. The quantitative estimate of drug-likeness (QED) is 0.755. The molecule has 0 aliphatic carbocycles. The number of ether oxygens (including phenoxy) is 1. The summed E-state index contributed by atoms with van der Waals surface area (Å²) in [6, 6.07) is 5.27. The zero-order valence-corrected chi connectivity index (χ0v) is 14.3. The summed E-state index contributed by atoms with van der Waals surface area (Å²) in [5.74, 6) is 0.693. The molecule has 7 heteroatoms. The molecule has 0 radical (unpaired) electrons. The average Bonchev–Trinajstić information content (AvgIpc) is 2.93. The number of nitrogens with one attached hydrogen (secondary N) is 1. The Kier molecular flexibility index (Phi) is 5.69. The summed E-state index contributed by atoms with van der Waals surface area (Å²) in [6.45, 7) is 2.29. The van der Waals surface area contributed by atoms with Crippen molar-refractivity contribution in [3.63, 3.8) is 0 Å².